The van der Waals surface area contributed by atoms with Crippen molar-refractivity contribution < 1.29 is 9.53 Å². The minimum atomic E-state index is -0.306. The number of aryl methyl sites for hydroxylation is 2. The molecule has 0 fully saturated rings. The van der Waals surface area contributed by atoms with Gasteiger partial charge in [0, 0.05) is 19.8 Å². The van der Waals surface area contributed by atoms with Crippen LogP contribution in [-0.4, -0.2) is 22.2 Å². The van der Waals surface area contributed by atoms with Crippen LogP contribution in [0.25, 0.3) is 11.0 Å². The van der Waals surface area contributed by atoms with Gasteiger partial charge in [-0.2, -0.15) is 0 Å². The van der Waals surface area contributed by atoms with E-state index in [1.54, 1.807) is 0 Å². The van der Waals surface area contributed by atoms with Crippen LogP contribution in [0, 0.1) is 6.92 Å². The van der Waals surface area contributed by atoms with Crippen LogP contribution in [0.1, 0.15) is 21.6 Å². The third-order valence-electron chi connectivity index (χ3n) is 3.94. The lowest BCUT2D eigenvalue weighted by molar-refractivity contribution is 0.0589. The lowest BCUT2D eigenvalue weighted by Crippen LogP contribution is -2.11. The van der Waals surface area contributed by atoms with Gasteiger partial charge in [0.1, 0.15) is 5.69 Å². The van der Waals surface area contributed by atoms with Crippen molar-refractivity contribution in [1.29, 1.82) is 0 Å². The summed E-state index contributed by atoms with van der Waals surface area (Å²) < 4.78 is 8.94. The Bertz CT molecular complexity index is 811. The quantitative estimate of drug-likeness (QED) is 0.692. The van der Waals surface area contributed by atoms with Gasteiger partial charge in [0.15, 0.2) is 0 Å². The van der Waals surface area contributed by atoms with Gasteiger partial charge < -0.3 is 13.9 Å². The maximum atomic E-state index is 12.0. The molecule has 0 spiro atoms. The number of nitrogens with zero attached hydrogens (tertiary/aromatic N) is 2. The highest BCUT2D eigenvalue weighted by Crippen LogP contribution is 2.23. The highest BCUT2D eigenvalue weighted by Gasteiger charge is 2.18. The molecule has 4 heteroatoms. The highest BCUT2D eigenvalue weighted by atomic mass is 16.5. The molecule has 0 amide bonds. The van der Waals surface area contributed by atoms with Crippen molar-refractivity contribution in [3.63, 3.8) is 0 Å². The normalized spacial score (nSPS) is 11.0. The fourth-order valence-electron chi connectivity index (χ4n) is 2.67. The lowest BCUT2D eigenvalue weighted by atomic mass is 10.1. The molecule has 0 aliphatic carbocycles. The van der Waals surface area contributed by atoms with Crippen LogP contribution in [0.5, 0.6) is 0 Å². The van der Waals surface area contributed by atoms with Crippen LogP contribution < -0.4 is 0 Å². The Hall–Kier alpha value is -2.49. The highest BCUT2D eigenvalue weighted by molar-refractivity contribution is 5.94. The van der Waals surface area contributed by atoms with E-state index in [-0.39, 0.29) is 5.97 Å². The van der Waals surface area contributed by atoms with Crippen LogP contribution in [0.15, 0.2) is 42.6 Å². The van der Waals surface area contributed by atoms with Crippen molar-refractivity contribution in [3.05, 3.63) is 59.4 Å². The van der Waals surface area contributed by atoms with E-state index in [0.717, 1.165) is 11.0 Å². The van der Waals surface area contributed by atoms with E-state index in [2.05, 4.69) is 19.1 Å². The van der Waals surface area contributed by atoms with Crippen LogP contribution in [0.3, 0.4) is 0 Å². The van der Waals surface area contributed by atoms with Crippen molar-refractivity contribution >= 4 is 17.0 Å². The number of benzene rings is 1. The third-order valence-corrected chi connectivity index (χ3v) is 3.94. The molecule has 4 nitrogen and oxygen atoms in total. The van der Waals surface area contributed by atoms with E-state index in [4.69, 9.17) is 4.74 Å². The Kier molecular flexibility index (Phi) is 3.29. The first-order valence-electron chi connectivity index (χ1n) is 6.89. The molecule has 0 saturated carbocycles. The number of carbonyl (C=O) groups excluding carboxylic acids is 1. The Morgan fingerprint density at radius 2 is 1.95 bits per heavy atom. The molecule has 0 bridgehead atoms. The van der Waals surface area contributed by atoms with Gasteiger partial charge in [0.2, 0.25) is 0 Å². The van der Waals surface area contributed by atoms with E-state index in [0.29, 0.717) is 12.2 Å². The Labute approximate surface area is 123 Å². The fourth-order valence-corrected chi connectivity index (χ4v) is 2.67. The van der Waals surface area contributed by atoms with Gasteiger partial charge in [0.25, 0.3) is 0 Å². The first kappa shape index (κ1) is 13.5. The fraction of sp³-hybridized carbons (Fsp3) is 0.235. The van der Waals surface area contributed by atoms with Crippen LogP contribution >= 0.6 is 0 Å². The second-order valence-corrected chi connectivity index (χ2v) is 5.23. The predicted octanol–water partition coefficient (Wildman–Crippen LogP) is 3.12. The molecule has 0 N–H and O–H groups in total. The summed E-state index contributed by atoms with van der Waals surface area (Å²) >= 11 is 0. The number of methoxy groups -OCH3 is 1. The Morgan fingerprint density at radius 1 is 1.19 bits per heavy atom. The molecule has 0 aliphatic rings. The molecule has 3 aromatic rings. The maximum Gasteiger partial charge on any atom is 0.354 e. The van der Waals surface area contributed by atoms with Gasteiger partial charge in [-0.15, -0.1) is 0 Å². The summed E-state index contributed by atoms with van der Waals surface area (Å²) in [7, 11) is 3.39. The first-order valence-corrected chi connectivity index (χ1v) is 6.89. The maximum absolute atomic E-state index is 12.0. The van der Waals surface area contributed by atoms with Crippen LogP contribution in [0.2, 0.25) is 0 Å². The van der Waals surface area contributed by atoms with Crippen molar-refractivity contribution in [2.24, 2.45) is 7.05 Å². The Morgan fingerprint density at radius 3 is 2.67 bits per heavy atom. The largest absolute Gasteiger partial charge is 0.464 e. The molecule has 0 atom stereocenters. The molecule has 108 valence electrons. The third kappa shape index (κ3) is 2.23. The van der Waals surface area contributed by atoms with Crippen molar-refractivity contribution in [3.8, 4) is 0 Å². The summed E-state index contributed by atoms with van der Waals surface area (Å²) in [6.07, 6.45) is 2.00. The van der Waals surface area contributed by atoms with Gasteiger partial charge in [-0.05, 0) is 30.2 Å². The minimum Gasteiger partial charge on any atom is -0.464 e. The molecule has 0 radical (unpaired) electrons. The molecule has 0 unspecified atom stereocenters. The van der Waals surface area contributed by atoms with Crippen LogP contribution in [0.4, 0.5) is 0 Å². The zero-order valence-electron chi connectivity index (χ0n) is 12.5. The molecular formula is C17H18N2O2. The van der Waals surface area contributed by atoms with Gasteiger partial charge in [-0.3, -0.25) is 0 Å². The Balaban J connectivity index is 2.15. The zero-order valence-corrected chi connectivity index (χ0v) is 12.5. The monoisotopic (exact) mass is 282 g/mol. The molecule has 1 aromatic carbocycles. The molecule has 2 aromatic heterocycles. The summed E-state index contributed by atoms with van der Waals surface area (Å²) in [6.45, 7) is 2.74. The summed E-state index contributed by atoms with van der Waals surface area (Å²) in [6, 6.07) is 12.1. The second-order valence-electron chi connectivity index (χ2n) is 5.23. The van der Waals surface area contributed by atoms with Crippen molar-refractivity contribution in [2.45, 2.75) is 13.5 Å². The number of fused-ring (bicyclic) bond motifs is 1. The van der Waals surface area contributed by atoms with E-state index in [9.17, 15) is 4.79 Å². The van der Waals surface area contributed by atoms with Gasteiger partial charge >= 0.3 is 5.97 Å². The van der Waals surface area contributed by atoms with Crippen molar-refractivity contribution in [2.75, 3.05) is 7.11 Å². The molecule has 2 heterocycles. The number of esters is 1. The average Bonchev–Trinajstić information content (AvgIpc) is 3.02. The van der Waals surface area contributed by atoms with E-state index < -0.39 is 0 Å². The molecule has 3 rings (SSSR count). The van der Waals surface area contributed by atoms with Gasteiger partial charge in [0.05, 0.1) is 18.1 Å². The van der Waals surface area contributed by atoms with Crippen molar-refractivity contribution in [1.82, 2.24) is 9.13 Å². The molecular weight excluding hydrogens is 264 g/mol. The van der Waals surface area contributed by atoms with Crippen LogP contribution in [-0.2, 0) is 18.3 Å². The number of hydrogen-bond acceptors (Lipinski definition) is 2. The van der Waals surface area contributed by atoms with Gasteiger partial charge in [-0.25, -0.2) is 4.79 Å². The predicted molar refractivity (Wildman–Crippen MR) is 82.5 cm³/mol. The van der Waals surface area contributed by atoms with E-state index >= 15 is 0 Å². The number of aromatic nitrogens is 2. The smallest absolute Gasteiger partial charge is 0.354 e. The zero-order chi connectivity index (χ0) is 15.0. The van der Waals surface area contributed by atoms with E-state index in [1.165, 1.54) is 18.2 Å². The van der Waals surface area contributed by atoms with E-state index in [1.807, 2.05) is 46.6 Å². The number of ether oxygens (including phenoxy) is 1. The second kappa shape index (κ2) is 5.13. The summed E-state index contributed by atoms with van der Waals surface area (Å²) in [5.74, 6) is -0.306. The average molecular weight is 282 g/mol. The minimum absolute atomic E-state index is 0.306. The molecule has 0 aliphatic heterocycles. The lowest BCUT2D eigenvalue weighted by Gasteiger charge is -2.11. The SMILES string of the molecule is COC(=O)c1cc2c(ccn2C)n1Cc1ccccc1C. The first-order chi connectivity index (χ1) is 10.1. The molecule has 0 saturated heterocycles. The number of hydrogen-bond donors (Lipinski definition) is 0. The van der Waals surface area contributed by atoms with Gasteiger partial charge in [-0.1, -0.05) is 24.3 Å². The summed E-state index contributed by atoms with van der Waals surface area (Å²) in [5.41, 5.74) is 5.07. The topological polar surface area (TPSA) is 36.2 Å². The summed E-state index contributed by atoms with van der Waals surface area (Å²) in [5, 5.41) is 0. The standard InChI is InChI=1S/C17H18N2O2/c1-12-6-4-5-7-13(12)11-19-14-8-9-18(2)15(14)10-16(19)17(20)21-3/h4-10H,11H2,1-3H3. The molecule has 21 heavy (non-hydrogen) atoms. The number of carbonyl (C=O) groups is 1. The summed E-state index contributed by atoms with van der Waals surface area (Å²) in [4.78, 5) is 12.0. The number of rotatable bonds is 3.